The minimum absolute atomic E-state index is 0.126. The number of carbonyl (C=O) groups is 1. The minimum Gasteiger partial charge on any atom is -0.444 e. The Morgan fingerprint density at radius 3 is 2.55 bits per heavy atom. The summed E-state index contributed by atoms with van der Waals surface area (Å²) >= 11 is 6.52. The summed E-state index contributed by atoms with van der Waals surface area (Å²) in [6.45, 7) is 7.12. The van der Waals surface area contributed by atoms with Crippen molar-refractivity contribution in [3.8, 4) is 5.95 Å². The third-order valence-electron chi connectivity index (χ3n) is 6.49. The van der Waals surface area contributed by atoms with Gasteiger partial charge in [0, 0.05) is 43.6 Å². The van der Waals surface area contributed by atoms with Crippen molar-refractivity contribution in [3.05, 3.63) is 69.7 Å². The number of carbonyl (C=O) groups excluding carboxylic acids is 1. The molecule has 3 aromatic heterocycles. The van der Waals surface area contributed by atoms with Crippen LogP contribution >= 0.6 is 11.6 Å². The van der Waals surface area contributed by atoms with Gasteiger partial charge in [0.1, 0.15) is 5.60 Å². The summed E-state index contributed by atoms with van der Waals surface area (Å²) in [5.74, 6) is 1.09. The van der Waals surface area contributed by atoms with Gasteiger partial charge in [-0.1, -0.05) is 29.8 Å². The molecule has 1 atom stereocenters. The summed E-state index contributed by atoms with van der Waals surface area (Å²) < 4.78 is 10.7. The van der Waals surface area contributed by atoms with E-state index < -0.39 is 11.7 Å². The number of nitrogens with one attached hydrogen (secondary N) is 1. The van der Waals surface area contributed by atoms with Crippen LogP contribution in [0.15, 0.2) is 53.6 Å². The Morgan fingerprint density at radius 1 is 1.13 bits per heavy atom. The van der Waals surface area contributed by atoms with E-state index in [0.29, 0.717) is 41.2 Å². The number of hydrogen-bond acceptors (Lipinski definition) is 6. The predicted molar refractivity (Wildman–Crippen MR) is 147 cm³/mol. The number of benzene rings is 1. The molecule has 1 aromatic carbocycles. The highest BCUT2D eigenvalue weighted by molar-refractivity contribution is 6.31. The summed E-state index contributed by atoms with van der Waals surface area (Å²) in [4.78, 5) is 37.9. The van der Waals surface area contributed by atoms with Gasteiger partial charge in [-0.3, -0.25) is 18.5 Å². The normalized spacial score (nSPS) is 16.1. The number of imidazole rings is 1. The van der Waals surface area contributed by atoms with E-state index >= 15 is 0 Å². The molecule has 1 aliphatic heterocycles. The molecule has 1 aliphatic rings. The predicted octanol–water partition coefficient (Wildman–Crippen LogP) is 4.12. The highest BCUT2D eigenvalue weighted by atomic mass is 35.5. The van der Waals surface area contributed by atoms with Gasteiger partial charge in [0.15, 0.2) is 11.2 Å². The lowest BCUT2D eigenvalue weighted by atomic mass is 10.1. The van der Waals surface area contributed by atoms with Gasteiger partial charge in [-0.2, -0.15) is 9.97 Å². The van der Waals surface area contributed by atoms with Crippen molar-refractivity contribution >= 4 is 34.8 Å². The minimum atomic E-state index is -0.579. The van der Waals surface area contributed by atoms with Crippen molar-refractivity contribution in [1.82, 2.24) is 29.0 Å². The van der Waals surface area contributed by atoms with Crippen LogP contribution in [0.25, 0.3) is 17.1 Å². The first kappa shape index (κ1) is 25.8. The lowest BCUT2D eigenvalue weighted by molar-refractivity contribution is 0.0499. The first-order valence-corrected chi connectivity index (χ1v) is 13.1. The average Bonchev–Trinajstić information content (AvgIpc) is 3.50. The molecule has 1 fully saturated rings. The molecule has 0 radical (unpaired) electrons. The maximum atomic E-state index is 13.7. The van der Waals surface area contributed by atoms with Crippen molar-refractivity contribution in [2.75, 3.05) is 18.0 Å². The van der Waals surface area contributed by atoms with Gasteiger partial charge in [0.2, 0.25) is 11.9 Å². The van der Waals surface area contributed by atoms with Crippen LogP contribution in [0.5, 0.6) is 0 Å². The fraction of sp³-hybridized carbons (Fsp3) is 0.407. The van der Waals surface area contributed by atoms with E-state index in [1.807, 2.05) is 74.1 Å². The Bertz CT molecular complexity index is 1520. The number of piperidine rings is 1. The number of hydrogen-bond donors (Lipinski definition) is 1. The van der Waals surface area contributed by atoms with Gasteiger partial charge < -0.3 is 15.0 Å². The Hall–Kier alpha value is -3.79. The molecule has 1 amide bonds. The molecule has 4 heterocycles. The highest BCUT2D eigenvalue weighted by Gasteiger charge is 2.29. The van der Waals surface area contributed by atoms with E-state index in [9.17, 15) is 9.59 Å². The van der Waals surface area contributed by atoms with E-state index in [1.54, 1.807) is 11.6 Å². The van der Waals surface area contributed by atoms with E-state index in [1.165, 1.54) is 4.57 Å². The molecule has 4 aromatic rings. The van der Waals surface area contributed by atoms with Crippen LogP contribution in [0.1, 0.15) is 39.2 Å². The number of fused-ring (bicyclic) bond motifs is 1. The Balaban J connectivity index is 1.56. The van der Waals surface area contributed by atoms with Crippen LogP contribution in [0, 0.1) is 0 Å². The molecule has 10 nitrogen and oxygen atoms in total. The SMILES string of the molecule is Cn1c(-n2cccc2)nc2nc(N3CCC[C@@H](NC(=O)OC(C)(C)C)C3)n(Cc3ccccc3Cl)c2c1=O. The molecule has 5 rings (SSSR count). The van der Waals surface area contributed by atoms with Crippen LogP contribution < -0.4 is 15.8 Å². The maximum Gasteiger partial charge on any atom is 0.407 e. The molecule has 0 spiro atoms. The number of aromatic nitrogens is 5. The second-order valence-electron chi connectivity index (χ2n) is 10.6. The van der Waals surface area contributed by atoms with Gasteiger partial charge in [-0.05, 0) is 57.4 Å². The summed E-state index contributed by atoms with van der Waals surface area (Å²) in [5.41, 5.74) is 0.850. The van der Waals surface area contributed by atoms with Gasteiger partial charge >= 0.3 is 6.09 Å². The third kappa shape index (κ3) is 5.26. The molecule has 38 heavy (non-hydrogen) atoms. The Morgan fingerprint density at radius 2 is 1.84 bits per heavy atom. The molecule has 0 aliphatic carbocycles. The van der Waals surface area contributed by atoms with E-state index in [0.717, 1.165) is 24.9 Å². The first-order valence-electron chi connectivity index (χ1n) is 12.7. The fourth-order valence-electron chi connectivity index (χ4n) is 4.77. The van der Waals surface area contributed by atoms with Gasteiger partial charge in [0.05, 0.1) is 6.54 Å². The van der Waals surface area contributed by atoms with Crippen molar-refractivity contribution in [3.63, 3.8) is 0 Å². The molecule has 0 unspecified atom stereocenters. The molecule has 200 valence electrons. The molecule has 11 heteroatoms. The molecule has 1 N–H and O–H groups in total. The molecule has 0 saturated carbocycles. The Kier molecular flexibility index (Phi) is 6.92. The van der Waals surface area contributed by atoms with Crippen LogP contribution in [0.2, 0.25) is 5.02 Å². The summed E-state index contributed by atoms with van der Waals surface area (Å²) in [6.07, 6.45) is 4.90. The highest BCUT2D eigenvalue weighted by Crippen LogP contribution is 2.27. The molecule has 0 bridgehead atoms. The zero-order valence-corrected chi connectivity index (χ0v) is 22.8. The number of ether oxygens (including phenoxy) is 1. The number of nitrogens with zero attached hydrogens (tertiary/aromatic N) is 6. The lowest BCUT2D eigenvalue weighted by Gasteiger charge is -2.34. The maximum absolute atomic E-state index is 13.7. The van der Waals surface area contributed by atoms with Crippen LogP contribution in [0.3, 0.4) is 0 Å². The van der Waals surface area contributed by atoms with Crippen LogP contribution in [0.4, 0.5) is 10.7 Å². The number of amides is 1. The molecular formula is C27H32ClN7O3. The van der Waals surface area contributed by atoms with Crippen LogP contribution in [-0.4, -0.2) is 54.5 Å². The monoisotopic (exact) mass is 537 g/mol. The van der Waals surface area contributed by atoms with E-state index in [4.69, 9.17) is 26.3 Å². The first-order chi connectivity index (χ1) is 18.1. The summed E-state index contributed by atoms with van der Waals surface area (Å²) in [6, 6.07) is 11.2. The third-order valence-corrected chi connectivity index (χ3v) is 6.86. The topological polar surface area (TPSA) is 99.2 Å². The Labute approximate surface area is 225 Å². The quantitative estimate of drug-likeness (QED) is 0.411. The zero-order valence-electron chi connectivity index (χ0n) is 22.0. The number of rotatable bonds is 5. The largest absolute Gasteiger partial charge is 0.444 e. The standard InChI is InChI=1S/C27H32ClN7O3/c1-27(2,3)38-26(37)29-19-11-9-15-34(17-19)25-31-22-21(35(25)16-18-10-5-6-12-20(18)28)23(36)32(4)24(30-22)33-13-7-8-14-33/h5-8,10,12-14,19H,9,11,15-17H2,1-4H3,(H,29,37)/t19-/m1/s1. The van der Waals surface area contributed by atoms with Crippen molar-refractivity contribution in [2.24, 2.45) is 7.05 Å². The second kappa shape index (κ2) is 10.2. The number of anilines is 1. The van der Waals surface area contributed by atoms with E-state index in [2.05, 4.69) is 10.2 Å². The summed E-state index contributed by atoms with van der Waals surface area (Å²) in [5, 5.41) is 3.60. The second-order valence-corrected chi connectivity index (χ2v) is 11.0. The van der Waals surface area contributed by atoms with Crippen LogP contribution in [-0.2, 0) is 18.3 Å². The average molecular weight is 538 g/mol. The zero-order chi connectivity index (χ0) is 27.0. The van der Waals surface area contributed by atoms with Crippen molar-refractivity contribution < 1.29 is 9.53 Å². The van der Waals surface area contributed by atoms with Gasteiger partial charge in [-0.15, -0.1) is 0 Å². The molecule has 1 saturated heterocycles. The van der Waals surface area contributed by atoms with Gasteiger partial charge in [-0.25, -0.2) is 4.79 Å². The van der Waals surface area contributed by atoms with E-state index in [-0.39, 0.29) is 11.6 Å². The van der Waals surface area contributed by atoms with Crippen molar-refractivity contribution in [2.45, 2.75) is 51.8 Å². The smallest absolute Gasteiger partial charge is 0.407 e. The summed E-state index contributed by atoms with van der Waals surface area (Å²) in [7, 11) is 1.71. The number of alkyl carbamates (subject to hydrolysis) is 1. The molecular weight excluding hydrogens is 506 g/mol. The lowest BCUT2D eigenvalue weighted by Crippen LogP contribution is -2.49. The fourth-order valence-corrected chi connectivity index (χ4v) is 4.97. The van der Waals surface area contributed by atoms with Gasteiger partial charge in [0.25, 0.3) is 5.56 Å². The number of halogens is 1. The van der Waals surface area contributed by atoms with Crippen molar-refractivity contribution in [1.29, 1.82) is 0 Å².